The molecule has 8 nitrogen and oxygen atoms in total. The molecule has 2 rings (SSSR count). The highest BCUT2D eigenvalue weighted by atomic mass is 16.6. The van der Waals surface area contributed by atoms with Gasteiger partial charge in [-0.3, -0.25) is 9.69 Å². The smallest absolute Gasteiger partial charge is 0.410 e. The molecule has 1 aromatic heterocycles. The molecule has 8 heteroatoms. The number of carbonyl (C=O) groups is 1. The first-order valence-corrected chi connectivity index (χ1v) is 7.26. The predicted octanol–water partition coefficient (Wildman–Crippen LogP) is -1.31. The Bertz CT molecular complexity index is 577. The van der Waals surface area contributed by atoms with Gasteiger partial charge in [0, 0.05) is 6.07 Å². The van der Waals surface area contributed by atoms with Crippen LogP contribution in [-0.4, -0.2) is 54.0 Å². The van der Waals surface area contributed by atoms with Crippen LogP contribution in [0.1, 0.15) is 18.4 Å². The molecule has 0 unspecified atom stereocenters. The molecule has 0 atom stereocenters. The molecule has 1 aliphatic rings. The van der Waals surface area contributed by atoms with Crippen LogP contribution in [0.25, 0.3) is 0 Å². The van der Waals surface area contributed by atoms with Gasteiger partial charge in [0.05, 0.1) is 32.8 Å². The van der Waals surface area contributed by atoms with E-state index in [9.17, 15) is 14.7 Å². The average molecular weight is 313 g/mol. The third-order valence-corrected chi connectivity index (χ3v) is 3.61. The van der Waals surface area contributed by atoms with Crippen LogP contribution >= 0.6 is 0 Å². The summed E-state index contributed by atoms with van der Waals surface area (Å²) in [6.45, 7) is 4.44. The number of ether oxygens (including phenoxy) is 1. The molecule has 1 fully saturated rings. The number of aliphatic hydroxyl groups excluding tert-OH is 1. The molecule has 0 aliphatic carbocycles. The molecule has 0 spiro atoms. The zero-order valence-corrected chi connectivity index (χ0v) is 12.5. The molecule has 22 heavy (non-hydrogen) atoms. The molecule has 2 heterocycles. The second-order valence-electron chi connectivity index (χ2n) is 5.12. The van der Waals surface area contributed by atoms with Gasteiger partial charge in [0.15, 0.2) is 0 Å². The highest BCUT2D eigenvalue weighted by Crippen LogP contribution is 2.12. The molecular formula is C14H21N2O6+. The van der Waals surface area contributed by atoms with Crippen molar-refractivity contribution in [2.45, 2.75) is 20.1 Å². The van der Waals surface area contributed by atoms with Gasteiger partial charge >= 0.3 is 6.09 Å². The van der Waals surface area contributed by atoms with E-state index in [0.717, 1.165) is 11.0 Å². The number of amides is 1. The molecule has 1 saturated heterocycles. The van der Waals surface area contributed by atoms with Crippen LogP contribution in [0.15, 0.2) is 15.3 Å². The van der Waals surface area contributed by atoms with Gasteiger partial charge in [0.1, 0.15) is 18.9 Å². The van der Waals surface area contributed by atoms with Crippen molar-refractivity contribution in [1.29, 1.82) is 0 Å². The monoisotopic (exact) mass is 313 g/mol. The Labute approximate surface area is 127 Å². The lowest BCUT2D eigenvalue weighted by molar-refractivity contribution is -0.918. The minimum absolute atomic E-state index is 0.127. The quantitative estimate of drug-likeness (QED) is 0.638. The van der Waals surface area contributed by atoms with Crippen molar-refractivity contribution in [2.75, 3.05) is 32.8 Å². The third-order valence-electron chi connectivity index (χ3n) is 3.61. The summed E-state index contributed by atoms with van der Waals surface area (Å²) in [5, 5.41) is 18.8. The van der Waals surface area contributed by atoms with Crippen LogP contribution in [0.2, 0.25) is 0 Å². The molecule has 1 aromatic rings. The van der Waals surface area contributed by atoms with E-state index in [0.29, 0.717) is 39.3 Å². The number of nitrogens with one attached hydrogen (secondary N) is 1. The second kappa shape index (κ2) is 7.28. The van der Waals surface area contributed by atoms with Crippen LogP contribution in [-0.2, 0) is 17.9 Å². The Morgan fingerprint density at radius 2 is 2.14 bits per heavy atom. The van der Waals surface area contributed by atoms with Crippen LogP contribution in [0.4, 0.5) is 4.79 Å². The fourth-order valence-electron chi connectivity index (χ4n) is 2.41. The Morgan fingerprint density at radius 3 is 2.73 bits per heavy atom. The number of quaternary nitrogens is 1. The van der Waals surface area contributed by atoms with Crippen molar-refractivity contribution in [1.82, 2.24) is 4.90 Å². The zero-order chi connectivity index (χ0) is 16.1. The van der Waals surface area contributed by atoms with E-state index < -0.39 is 17.8 Å². The summed E-state index contributed by atoms with van der Waals surface area (Å²) in [6.07, 6.45) is -0.321. The van der Waals surface area contributed by atoms with Crippen molar-refractivity contribution >= 4 is 6.09 Å². The Kier molecular flexibility index (Phi) is 5.40. The van der Waals surface area contributed by atoms with E-state index in [2.05, 4.69) is 0 Å². The maximum absolute atomic E-state index is 11.6. The maximum Gasteiger partial charge on any atom is 0.410 e. The van der Waals surface area contributed by atoms with Gasteiger partial charge in [-0.05, 0) is 6.92 Å². The van der Waals surface area contributed by atoms with Crippen molar-refractivity contribution in [3.63, 3.8) is 0 Å². The summed E-state index contributed by atoms with van der Waals surface area (Å²) in [4.78, 5) is 25.9. The summed E-state index contributed by atoms with van der Waals surface area (Å²) in [5.74, 6) is -0.129. The van der Waals surface area contributed by atoms with Gasteiger partial charge in [0.25, 0.3) is 0 Å². The van der Waals surface area contributed by atoms with E-state index in [4.69, 9.17) is 14.3 Å². The largest absolute Gasteiger partial charge is 0.502 e. The Morgan fingerprint density at radius 1 is 1.45 bits per heavy atom. The molecule has 0 saturated carbocycles. The number of rotatable bonds is 4. The molecule has 0 radical (unpaired) electrons. The van der Waals surface area contributed by atoms with Gasteiger partial charge in [-0.1, -0.05) is 0 Å². The number of hydrogen-bond donors (Lipinski definition) is 3. The van der Waals surface area contributed by atoms with Crippen molar-refractivity contribution < 1.29 is 29.1 Å². The predicted molar refractivity (Wildman–Crippen MR) is 75.6 cm³/mol. The van der Waals surface area contributed by atoms with Crippen LogP contribution < -0.4 is 10.3 Å². The molecule has 0 bridgehead atoms. The molecule has 1 aliphatic heterocycles. The fraction of sp³-hybridized carbons (Fsp3) is 0.571. The van der Waals surface area contributed by atoms with Gasteiger partial charge in [-0.25, -0.2) is 4.79 Å². The van der Waals surface area contributed by atoms with Crippen molar-refractivity contribution in [3.8, 4) is 5.75 Å². The van der Waals surface area contributed by atoms with Crippen molar-refractivity contribution in [3.05, 3.63) is 27.8 Å². The van der Waals surface area contributed by atoms with E-state index in [1.54, 1.807) is 11.8 Å². The number of aromatic hydroxyl groups is 1. The number of aliphatic hydroxyl groups is 1. The lowest BCUT2D eigenvalue weighted by Gasteiger charge is -2.31. The SMILES string of the molecule is CCOC(=O)N1CC[NH+](Cc2oc(CO)cc(=O)c2O)CC1. The van der Waals surface area contributed by atoms with E-state index in [-0.39, 0.29) is 17.6 Å². The number of nitrogens with zero attached hydrogens (tertiary/aromatic N) is 1. The first-order chi connectivity index (χ1) is 10.5. The van der Waals surface area contributed by atoms with E-state index in [1.165, 1.54) is 0 Å². The van der Waals surface area contributed by atoms with Crippen LogP contribution in [0.3, 0.4) is 0 Å². The molecule has 3 N–H and O–H groups in total. The summed E-state index contributed by atoms with van der Waals surface area (Å²) >= 11 is 0. The fourth-order valence-corrected chi connectivity index (χ4v) is 2.41. The van der Waals surface area contributed by atoms with E-state index >= 15 is 0 Å². The highest BCUT2D eigenvalue weighted by Gasteiger charge is 2.26. The topological polar surface area (TPSA) is 105 Å². The minimum atomic E-state index is -0.560. The number of hydrogen-bond acceptors (Lipinski definition) is 6. The number of piperazine rings is 1. The molecule has 1 amide bonds. The van der Waals surface area contributed by atoms with Crippen molar-refractivity contribution in [2.24, 2.45) is 0 Å². The molecule has 0 aromatic carbocycles. The summed E-state index contributed by atoms with van der Waals surface area (Å²) in [7, 11) is 0. The normalized spacial score (nSPS) is 15.8. The molecule has 122 valence electrons. The standard InChI is InChI=1S/C14H20N2O6/c1-2-21-14(20)16-5-3-15(4-6-16)8-12-13(19)11(18)7-10(9-17)22-12/h7,17,19H,2-6,8-9H2,1H3/p+1. The first kappa shape index (κ1) is 16.3. The molecular weight excluding hydrogens is 292 g/mol. The summed E-state index contributed by atoms with van der Waals surface area (Å²) < 4.78 is 10.3. The lowest BCUT2D eigenvalue weighted by atomic mass is 10.2. The average Bonchev–Trinajstić information content (AvgIpc) is 2.52. The lowest BCUT2D eigenvalue weighted by Crippen LogP contribution is -3.13. The third kappa shape index (κ3) is 3.77. The van der Waals surface area contributed by atoms with Crippen LogP contribution in [0.5, 0.6) is 5.75 Å². The highest BCUT2D eigenvalue weighted by molar-refractivity contribution is 5.67. The zero-order valence-electron chi connectivity index (χ0n) is 12.5. The minimum Gasteiger partial charge on any atom is -0.502 e. The Hall–Kier alpha value is -2.06. The van der Waals surface area contributed by atoms with Gasteiger partial charge in [0.2, 0.25) is 16.9 Å². The summed E-state index contributed by atoms with van der Waals surface area (Å²) in [6, 6.07) is 1.08. The first-order valence-electron chi connectivity index (χ1n) is 7.26. The Balaban J connectivity index is 1.98. The number of carbonyl (C=O) groups excluding carboxylic acids is 1. The van der Waals surface area contributed by atoms with Gasteiger partial charge in [-0.2, -0.15) is 0 Å². The van der Waals surface area contributed by atoms with Crippen LogP contribution in [0, 0.1) is 0 Å². The second-order valence-corrected chi connectivity index (χ2v) is 5.12. The maximum atomic E-state index is 11.6. The van der Waals surface area contributed by atoms with Gasteiger partial charge in [-0.15, -0.1) is 0 Å². The summed E-state index contributed by atoms with van der Waals surface area (Å²) in [5.41, 5.74) is -0.560. The van der Waals surface area contributed by atoms with E-state index in [1.807, 2.05) is 0 Å². The van der Waals surface area contributed by atoms with Gasteiger partial charge < -0.3 is 24.3 Å².